The van der Waals surface area contributed by atoms with Gasteiger partial charge in [-0.15, -0.1) is 0 Å². The number of nitrogens with zero attached hydrogens (tertiary/aromatic N) is 1. The smallest absolute Gasteiger partial charge is 0.407 e. The molecule has 0 saturated carbocycles. The van der Waals surface area contributed by atoms with Crippen LogP contribution in [-0.4, -0.2) is 54.3 Å². The Balaban J connectivity index is 1.48. The minimum Gasteiger partial charge on any atom is -0.485 e. The summed E-state index contributed by atoms with van der Waals surface area (Å²) >= 11 is 0. The average molecular weight is 362 g/mol. The van der Waals surface area contributed by atoms with Crippen molar-refractivity contribution < 1.29 is 23.8 Å². The highest BCUT2D eigenvalue weighted by Gasteiger charge is 2.33. The first kappa shape index (κ1) is 18.4. The molecule has 1 atom stereocenters. The molecule has 1 saturated heterocycles. The second-order valence-corrected chi connectivity index (χ2v) is 7.61. The van der Waals surface area contributed by atoms with E-state index in [1.54, 1.807) is 11.0 Å². The van der Waals surface area contributed by atoms with E-state index in [0.717, 1.165) is 0 Å². The number of carbonyl (C=O) groups is 2. The van der Waals surface area contributed by atoms with E-state index in [-0.39, 0.29) is 18.6 Å². The minimum atomic E-state index is -0.625. The fourth-order valence-corrected chi connectivity index (χ4v) is 3.06. The molecule has 0 radical (unpaired) electrons. The number of amides is 2. The third-order valence-corrected chi connectivity index (χ3v) is 4.31. The normalized spacial score (nSPS) is 20.4. The zero-order chi connectivity index (χ0) is 18.7. The standard InChI is InChI=1S/C19H26N2O5/c1-19(2,3)26-18(23)20-13-8-10-21(11-9-13)17(22)16-12-24-14-6-4-5-7-15(14)25-16/h4-7,13,16H,8-12H2,1-3H3,(H,20,23)/t16-/m0/s1. The maximum Gasteiger partial charge on any atom is 0.407 e. The van der Waals surface area contributed by atoms with Crippen molar-refractivity contribution in [3.8, 4) is 11.5 Å². The van der Waals surface area contributed by atoms with Crippen molar-refractivity contribution in [3.05, 3.63) is 24.3 Å². The Labute approximate surface area is 153 Å². The van der Waals surface area contributed by atoms with Crippen LogP contribution in [0.15, 0.2) is 24.3 Å². The van der Waals surface area contributed by atoms with Crippen LogP contribution in [0.3, 0.4) is 0 Å². The van der Waals surface area contributed by atoms with Crippen molar-refractivity contribution in [2.24, 2.45) is 0 Å². The lowest BCUT2D eigenvalue weighted by molar-refractivity contribution is -0.142. The summed E-state index contributed by atoms with van der Waals surface area (Å²) in [5.74, 6) is 1.19. The Kier molecular flexibility index (Phi) is 5.25. The van der Waals surface area contributed by atoms with Gasteiger partial charge in [0.25, 0.3) is 5.91 Å². The number of alkyl carbamates (subject to hydrolysis) is 1. The van der Waals surface area contributed by atoms with Crippen LogP contribution in [0.25, 0.3) is 0 Å². The summed E-state index contributed by atoms with van der Waals surface area (Å²) in [6.07, 6.45) is 0.341. The van der Waals surface area contributed by atoms with E-state index < -0.39 is 17.8 Å². The van der Waals surface area contributed by atoms with Gasteiger partial charge >= 0.3 is 6.09 Å². The largest absolute Gasteiger partial charge is 0.485 e. The number of likely N-dealkylation sites (tertiary alicyclic amines) is 1. The molecule has 142 valence electrons. The summed E-state index contributed by atoms with van der Waals surface area (Å²) in [7, 11) is 0. The molecule has 2 aliphatic rings. The number of rotatable bonds is 2. The first-order valence-corrected chi connectivity index (χ1v) is 8.98. The topological polar surface area (TPSA) is 77.1 Å². The number of ether oxygens (including phenoxy) is 3. The second-order valence-electron chi connectivity index (χ2n) is 7.61. The van der Waals surface area contributed by atoms with Crippen molar-refractivity contribution in [3.63, 3.8) is 0 Å². The molecule has 1 aromatic carbocycles. The number of para-hydroxylation sites is 2. The second kappa shape index (κ2) is 7.43. The molecule has 7 nitrogen and oxygen atoms in total. The van der Waals surface area contributed by atoms with E-state index in [2.05, 4.69) is 5.32 Å². The SMILES string of the molecule is CC(C)(C)OC(=O)NC1CCN(C(=O)[C@@H]2COc3ccccc3O2)CC1. The van der Waals surface area contributed by atoms with Crippen LogP contribution in [0.5, 0.6) is 11.5 Å². The molecular formula is C19H26N2O5. The van der Waals surface area contributed by atoms with Crippen LogP contribution in [0, 0.1) is 0 Å². The molecule has 0 unspecified atom stereocenters. The summed E-state index contributed by atoms with van der Waals surface area (Å²) in [4.78, 5) is 26.3. The molecule has 0 aliphatic carbocycles. The average Bonchev–Trinajstić information content (AvgIpc) is 2.59. The third-order valence-electron chi connectivity index (χ3n) is 4.31. The lowest BCUT2D eigenvalue weighted by atomic mass is 10.0. The van der Waals surface area contributed by atoms with E-state index >= 15 is 0 Å². The maximum atomic E-state index is 12.7. The van der Waals surface area contributed by atoms with Gasteiger partial charge in [-0.05, 0) is 45.7 Å². The Bertz CT molecular complexity index is 662. The monoisotopic (exact) mass is 362 g/mol. The Morgan fingerprint density at radius 3 is 2.46 bits per heavy atom. The third kappa shape index (κ3) is 4.59. The van der Waals surface area contributed by atoms with Crippen molar-refractivity contribution >= 4 is 12.0 Å². The van der Waals surface area contributed by atoms with Gasteiger partial charge in [0.1, 0.15) is 12.2 Å². The predicted octanol–water partition coefficient (Wildman–Crippen LogP) is 2.34. The molecule has 1 N–H and O–H groups in total. The van der Waals surface area contributed by atoms with E-state index in [9.17, 15) is 9.59 Å². The summed E-state index contributed by atoms with van der Waals surface area (Å²) in [5.41, 5.74) is -0.518. The van der Waals surface area contributed by atoms with Crippen molar-refractivity contribution in [2.45, 2.75) is 51.4 Å². The van der Waals surface area contributed by atoms with Gasteiger partial charge in [-0.25, -0.2) is 4.79 Å². The van der Waals surface area contributed by atoms with Crippen LogP contribution in [0.4, 0.5) is 4.79 Å². The van der Waals surface area contributed by atoms with Crippen molar-refractivity contribution in [1.82, 2.24) is 10.2 Å². The van der Waals surface area contributed by atoms with Crippen LogP contribution in [-0.2, 0) is 9.53 Å². The molecule has 0 aromatic heterocycles. The number of hydrogen-bond acceptors (Lipinski definition) is 5. The Morgan fingerprint density at radius 2 is 1.81 bits per heavy atom. The van der Waals surface area contributed by atoms with Gasteiger partial charge in [-0.2, -0.15) is 0 Å². The van der Waals surface area contributed by atoms with Crippen molar-refractivity contribution in [2.75, 3.05) is 19.7 Å². The number of hydrogen-bond donors (Lipinski definition) is 1. The highest BCUT2D eigenvalue weighted by Crippen LogP contribution is 2.31. The molecule has 2 aliphatic heterocycles. The van der Waals surface area contributed by atoms with Crippen LogP contribution in [0.2, 0.25) is 0 Å². The first-order valence-electron chi connectivity index (χ1n) is 8.98. The zero-order valence-electron chi connectivity index (χ0n) is 15.5. The van der Waals surface area contributed by atoms with Crippen LogP contribution < -0.4 is 14.8 Å². The molecule has 2 heterocycles. The Morgan fingerprint density at radius 1 is 1.15 bits per heavy atom. The Hall–Kier alpha value is -2.44. The van der Waals surface area contributed by atoms with Gasteiger partial charge < -0.3 is 24.4 Å². The van der Waals surface area contributed by atoms with E-state index in [4.69, 9.17) is 14.2 Å². The fraction of sp³-hybridized carbons (Fsp3) is 0.579. The minimum absolute atomic E-state index is 0.0122. The molecular weight excluding hydrogens is 336 g/mol. The van der Waals surface area contributed by atoms with Gasteiger partial charge in [0.2, 0.25) is 6.10 Å². The maximum absolute atomic E-state index is 12.7. The van der Waals surface area contributed by atoms with Crippen LogP contribution in [0.1, 0.15) is 33.6 Å². The molecule has 0 spiro atoms. The highest BCUT2D eigenvalue weighted by molar-refractivity contribution is 5.82. The summed E-state index contributed by atoms with van der Waals surface area (Å²) < 4.78 is 16.7. The lowest BCUT2D eigenvalue weighted by Crippen LogP contribution is -2.52. The van der Waals surface area contributed by atoms with Gasteiger partial charge in [0.15, 0.2) is 11.5 Å². The van der Waals surface area contributed by atoms with Gasteiger partial charge in [-0.3, -0.25) is 4.79 Å². The molecule has 26 heavy (non-hydrogen) atoms. The summed E-state index contributed by atoms with van der Waals surface area (Å²) in [6.45, 7) is 6.85. The highest BCUT2D eigenvalue weighted by atomic mass is 16.6. The van der Waals surface area contributed by atoms with E-state index in [1.165, 1.54) is 0 Å². The van der Waals surface area contributed by atoms with Gasteiger partial charge in [-0.1, -0.05) is 12.1 Å². The molecule has 1 fully saturated rings. The fourth-order valence-electron chi connectivity index (χ4n) is 3.06. The molecule has 0 bridgehead atoms. The number of fused-ring (bicyclic) bond motifs is 1. The quantitative estimate of drug-likeness (QED) is 0.874. The molecule has 7 heteroatoms. The number of benzene rings is 1. The number of piperidine rings is 1. The first-order chi connectivity index (χ1) is 12.3. The van der Waals surface area contributed by atoms with Gasteiger partial charge in [0.05, 0.1) is 0 Å². The van der Waals surface area contributed by atoms with Crippen LogP contribution >= 0.6 is 0 Å². The molecule has 2 amide bonds. The number of carbonyl (C=O) groups excluding carboxylic acids is 2. The van der Waals surface area contributed by atoms with Gasteiger partial charge in [0, 0.05) is 19.1 Å². The van der Waals surface area contributed by atoms with E-state index in [0.29, 0.717) is 37.4 Å². The van der Waals surface area contributed by atoms with Crippen molar-refractivity contribution in [1.29, 1.82) is 0 Å². The summed E-state index contributed by atoms with van der Waals surface area (Å²) in [6, 6.07) is 7.35. The lowest BCUT2D eigenvalue weighted by Gasteiger charge is -2.35. The number of nitrogens with one attached hydrogen (secondary N) is 1. The zero-order valence-corrected chi connectivity index (χ0v) is 15.5. The van der Waals surface area contributed by atoms with E-state index in [1.807, 2.05) is 39.0 Å². The molecule has 1 aromatic rings. The molecule has 3 rings (SSSR count). The predicted molar refractivity (Wildman–Crippen MR) is 95.3 cm³/mol. The summed E-state index contributed by atoms with van der Waals surface area (Å²) in [5, 5.41) is 2.87.